The van der Waals surface area contributed by atoms with E-state index < -0.39 is 0 Å². The average molecular weight is 380 g/mol. The summed E-state index contributed by atoms with van der Waals surface area (Å²) in [7, 11) is 0. The molecular formula is C17H22ClN5OS. The van der Waals surface area contributed by atoms with Crippen LogP contribution in [0.1, 0.15) is 6.42 Å². The molecule has 4 rings (SSSR count). The van der Waals surface area contributed by atoms with Crippen molar-refractivity contribution < 1.29 is 4.74 Å². The quantitative estimate of drug-likeness (QED) is 0.795. The molecule has 2 aromatic rings. The number of ether oxygens (including phenoxy) is 1. The van der Waals surface area contributed by atoms with Gasteiger partial charge in [0.2, 0.25) is 0 Å². The van der Waals surface area contributed by atoms with Crippen LogP contribution < -0.4 is 0 Å². The van der Waals surface area contributed by atoms with Gasteiger partial charge in [0, 0.05) is 25.2 Å². The number of aromatic nitrogens is 3. The molecule has 0 unspecified atom stereocenters. The van der Waals surface area contributed by atoms with E-state index in [9.17, 15) is 0 Å². The van der Waals surface area contributed by atoms with Crippen molar-refractivity contribution in [1.29, 1.82) is 0 Å². The van der Waals surface area contributed by atoms with E-state index in [4.69, 9.17) is 16.3 Å². The van der Waals surface area contributed by atoms with Crippen molar-refractivity contribution in [2.45, 2.75) is 18.2 Å². The Bertz CT molecular complexity index is 719. The third-order valence-corrected chi connectivity index (χ3v) is 5.99. The molecule has 6 nitrogen and oxygen atoms in total. The second kappa shape index (κ2) is 8.05. The van der Waals surface area contributed by atoms with Crippen LogP contribution in [0.5, 0.6) is 0 Å². The minimum absolute atomic E-state index is 0.715. The zero-order valence-electron chi connectivity index (χ0n) is 14.1. The Balaban J connectivity index is 1.39. The number of benzene rings is 1. The van der Waals surface area contributed by atoms with Gasteiger partial charge in [-0.05, 0) is 25.1 Å². The summed E-state index contributed by atoms with van der Waals surface area (Å²) in [6.45, 7) is 6.87. The van der Waals surface area contributed by atoms with Gasteiger partial charge < -0.3 is 4.74 Å². The molecule has 0 spiro atoms. The van der Waals surface area contributed by atoms with Crippen molar-refractivity contribution in [3.05, 3.63) is 29.3 Å². The van der Waals surface area contributed by atoms with E-state index in [-0.39, 0.29) is 0 Å². The zero-order chi connectivity index (χ0) is 17.1. The van der Waals surface area contributed by atoms with Crippen LogP contribution in [-0.2, 0) is 11.4 Å². The van der Waals surface area contributed by atoms with Crippen molar-refractivity contribution >= 4 is 23.4 Å². The van der Waals surface area contributed by atoms with Crippen LogP contribution in [0.4, 0.5) is 0 Å². The van der Waals surface area contributed by atoms with E-state index in [1.54, 1.807) is 11.8 Å². The third kappa shape index (κ3) is 4.01. The second-order valence-electron chi connectivity index (χ2n) is 6.33. The Morgan fingerprint density at radius 2 is 1.88 bits per heavy atom. The Hall–Kier alpha value is -1.12. The molecule has 25 heavy (non-hydrogen) atoms. The maximum Gasteiger partial charge on any atom is 0.193 e. The van der Waals surface area contributed by atoms with Crippen LogP contribution in [0, 0.1) is 0 Å². The standard InChI is InChI=1S/C17H22ClN5OS/c18-15-5-2-1-4-14(15)16-19-20-17-23(16)12-22(13-25-17)7-3-6-21-8-10-24-11-9-21/h1-2,4-5H,3,6-13H2. The zero-order valence-corrected chi connectivity index (χ0v) is 15.7. The van der Waals surface area contributed by atoms with Gasteiger partial charge in [-0.2, -0.15) is 0 Å². The Labute approximate surface area is 157 Å². The van der Waals surface area contributed by atoms with E-state index in [1.165, 1.54) is 6.42 Å². The molecule has 1 saturated heterocycles. The SMILES string of the molecule is Clc1ccccc1-c1nnc2n1CN(CCCN1CCOCC1)CS2. The summed E-state index contributed by atoms with van der Waals surface area (Å²) in [5.74, 6) is 1.81. The van der Waals surface area contributed by atoms with Gasteiger partial charge in [-0.15, -0.1) is 10.2 Å². The van der Waals surface area contributed by atoms with Crippen LogP contribution >= 0.6 is 23.4 Å². The fourth-order valence-corrected chi connectivity index (χ4v) is 4.36. The Kier molecular flexibility index (Phi) is 5.57. The van der Waals surface area contributed by atoms with E-state index in [0.717, 1.165) is 68.5 Å². The molecule has 2 aliphatic rings. The first kappa shape index (κ1) is 17.3. The summed E-state index contributed by atoms with van der Waals surface area (Å²) >= 11 is 8.09. The highest BCUT2D eigenvalue weighted by atomic mass is 35.5. The lowest BCUT2D eigenvalue weighted by atomic mass is 10.2. The van der Waals surface area contributed by atoms with E-state index in [2.05, 4.69) is 24.6 Å². The van der Waals surface area contributed by atoms with Crippen molar-refractivity contribution in [3.63, 3.8) is 0 Å². The van der Waals surface area contributed by atoms with Crippen molar-refractivity contribution in [2.24, 2.45) is 0 Å². The molecule has 0 N–H and O–H groups in total. The molecule has 134 valence electrons. The molecule has 1 aromatic heterocycles. The summed E-state index contributed by atoms with van der Waals surface area (Å²) in [5.41, 5.74) is 0.943. The van der Waals surface area contributed by atoms with Crippen LogP contribution in [0.25, 0.3) is 11.4 Å². The van der Waals surface area contributed by atoms with Crippen LogP contribution in [0.3, 0.4) is 0 Å². The minimum Gasteiger partial charge on any atom is -0.379 e. The molecule has 1 fully saturated rings. The molecule has 2 aliphatic heterocycles. The lowest BCUT2D eigenvalue weighted by Crippen LogP contribution is -2.38. The maximum absolute atomic E-state index is 6.35. The smallest absolute Gasteiger partial charge is 0.193 e. The van der Waals surface area contributed by atoms with Gasteiger partial charge in [-0.3, -0.25) is 14.4 Å². The van der Waals surface area contributed by atoms with Crippen LogP contribution in [-0.4, -0.2) is 69.8 Å². The van der Waals surface area contributed by atoms with Crippen LogP contribution in [0.2, 0.25) is 5.02 Å². The fraction of sp³-hybridized carbons (Fsp3) is 0.529. The fourth-order valence-electron chi connectivity index (χ4n) is 3.23. The molecular weight excluding hydrogens is 358 g/mol. The van der Waals surface area contributed by atoms with Crippen molar-refractivity contribution in [1.82, 2.24) is 24.6 Å². The summed E-state index contributed by atoms with van der Waals surface area (Å²) in [4.78, 5) is 4.93. The van der Waals surface area contributed by atoms with Gasteiger partial charge in [0.15, 0.2) is 11.0 Å². The number of morpholine rings is 1. The normalized spacial score (nSPS) is 19.1. The molecule has 3 heterocycles. The molecule has 0 aliphatic carbocycles. The highest BCUT2D eigenvalue weighted by Gasteiger charge is 2.23. The van der Waals surface area contributed by atoms with Crippen molar-refractivity contribution in [2.75, 3.05) is 45.3 Å². The molecule has 0 radical (unpaired) electrons. The first-order valence-electron chi connectivity index (χ1n) is 8.64. The predicted molar refractivity (Wildman–Crippen MR) is 99.8 cm³/mol. The second-order valence-corrected chi connectivity index (χ2v) is 7.65. The number of hydrogen-bond acceptors (Lipinski definition) is 6. The van der Waals surface area contributed by atoms with Gasteiger partial charge in [0.1, 0.15) is 0 Å². The lowest BCUT2D eigenvalue weighted by molar-refractivity contribution is 0.0359. The summed E-state index contributed by atoms with van der Waals surface area (Å²) in [6, 6.07) is 7.82. The number of nitrogens with zero attached hydrogens (tertiary/aromatic N) is 5. The number of rotatable bonds is 5. The first-order chi connectivity index (χ1) is 12.3. The highest BCUT2D eigenvalue weighted by Crippen LogP contribution is 2.32. The highest BCUT2D eigenvalue weighted by molar-refractivity contribution is 7.99. The summed E-state index contributed by atoms with van der Waals surface area (Å²) in [6.07, 6.45) is 1.17. The molecule has 0 bridgehead atoms. The molecule has 8 heteroatoms. The van der Waals surface area contributed by atoms with Gasteiger partial charge in [-0.25, -0.2) is 0 Å². The first-order valence-corrected chi connectivity index (χ1v) is 10.0. The molecule has 1 aromatic carbocycles. The number of halogens is 1. The van der Waals surface area contributed by atoms with E-state index >= 15 is 0 Å². The van der Waals surface area contributed by atoms with Gasteiger partial charge in [-0.1, -0.05) is 35.5 Å². The minimum atomic E-state index is 0.715. The predicted octanol–water partition coefficient (Wildman–Crippen LogP) is 2.64. The monoisotopic (exact) mass is 379 g/mol. The van der Waals surface area contributed by atoms with Gasteiger partial charge in [0.05, 0.1) is 30.8 Å². The lowest BCUT2D eigenvalue weighted by Gasteiger charge is -2.30. The van der Waals surface area contributed by atoms with Gasteiger partial charge >= 0.3 is 0 Å². The molecule has 0 saturated carbocycles. The molecule has 0 atom stereocenters. The van der Waals surface area contributed by atoms with Gasteiger partial charge in [0.25, 0.3) is 0 Å². The number of hydrogen-bond donors (Lipinski definition) is 0. The molecule has 0 amide bonds. The number of fused-ring (bicyclic) bond motifs is 1. The summed E-state index contributed by atoms with van der Waals surface area (Å²) < 4.78 is 7.58. The topological polar surface area (TPSA) is 46.4 Å². The Morgan fingerprint density at radius 1 is 1.08 bits per heavy atom. The van der Waals surface area contributed by atoms with Crippen molar-refractivity contribution in [3.8, 4) is 11.4 Å². The maximum atomic E-state index is 6.35. The van der Waals surface area contributed by atoms with E-state index in [1.807, 2.05) is 24.3 Å². The largest absolute Gasteiger partial charge is 0.379 e. The number of thioether (sulfide) groups is 1. The van der Waals surface area contributed by atoms with Crippen LogP contribution in [0.15, 0.2) is 29.4 Å². The Morgan fingerprint density at radius 3 is 2.72 bits per heavy atom. The summed E-state index contributed by atoms with van der Waals surface area (Å²) in [5, 5.41) is 10.4. The average Bonchev–Trinajstić information content (AvgIpc) is 3.06. The van der Waals surface area contributed by atoms with E-state index in [0.29, 0.717) is 5.02 Å². The third-order valence-electron chi connectivity index (χ3n) is 4.60.